The van der Waals surface area contributed by atoms with Crippen molar-refractivity contribution in [1.29, 1.82) is 0 Å². The first-order chi connectivity index (χ1) is 5.68. The van der Waals surface area contributed by atoms with Crippen LogP contribution in [0.3, 0.4) is 0 Å². The number of hydrogen-bond acceptors (Lipinski definition) is 2. The van der Waals surface area contributed by atoms with Gasteiger partial charge in [-0.2, -0.15) is 0 Å². The van der Waals surface area contributed by atoms with Crippen LogP contribution in [0.5, 0.6) is 0 Å². The van der Waals surface area contributed by atoms with Crippen molar-refractivity contribution in [3.05, 3.63) is 0 Å². The maximum Gasteiger partial charge on any atom is 0.320 e. The lowest BCUT2D eigenvalue weighted by atomic mass is 10.1. The normalized spacial score (nSPS) is 12.0. The van der Waals surface area contributed by atoms with Crippen molar-refractivity contribution < 1.29 is 9.90 Å². The van der Waals surface area contributed by atoms with E-state index in [0.29, 0.717) is 6.42 Å². The Hall–Kier alpha value is -1.01. The van der Waals surface area contributed by atoms with E-state index in [-0.39, 0.29) is 0 Å². The third-order valence-electron chi connectivity index (χ3n) is 1.65. The second kappa shape index (κ2) is 6.68. The highest BCUT2D eigenvalue weighted by Gasteiger charge is 2.09. The van der Waals surface area contributed by atoms with Crippen molar-refractivity contribution in [3.63, 3.8) is 0 Å². The molecule has 12 heavy (non-hydrogen) atoms. The largest absolute Gasteiger partial charge is 0.480 e. The topological polar surface area (TPSA) is 63.3 Å². The molecule has 68 valence electrons. The Morgan fingerprint density at radius 1 is 1.50 bits per heavy atom. The first kappa shape index (κ1) is 11.0. The van der Waals surface area contributed by atoms with E-state index in [1.165, 1.54) is 0 Å². The molecule has 0 saturated carbocycles. The van der Waals surface area contributed by atoms with Crippen LogP contribution in [0.25, 0.3) is 0 Å². The zero-order valence-corrected chi connectivity index (χ0v) is 7.12. The van der Waals surface area contributed by atoms with Crippen molar-refractivity contribution in [3.8, 4) is 12.3 Å². The summed E-state index contributed by atoms with van der Waals surface area (Å²) in [5.74, 6) is 1.61. The van der Waals surface area contributed by atoms with Gasteiger partial charge in [0.25, 0.3) is 0 Å². The van der Waals surface area contributed by atoms with Crippen molar-refractivity contribution >= 4 is 5.97 Å². The number of carbonyl (C=O) groups is 1. The molecule has 0 aromatic rings. The number of aliphatic carboxylic acids is 1. The fraction of sp³-hybridized carbons (Fsp3) is 0.667. The van der Waals surface area contributed by atoms with Gasteiger partial charge in [-0.1, -0.05) is 12.8 Å². The lowest BCUT2D eigenvalue weighted by molar-refractivity contribution is -0.138. The summed E-state index contributed by atoms with van der Waals surface area (Å²) in [7, 11) is 0. The lowest BCUT2D eigenvalue weighted by Gasteiger charge is -2.04. The van der Waals surface area contributed by atoms with Crippen molar-refractivity contribution in [1.82, 2.24) is 0 Å². The van der Waals surface area contributed by atoms with E-state index >= 15 is 0 Å². The number of hydrogen-bond donors (Lipinski definition) is 2. The van der Waals surface area contributed by atoms with Crippen molar-refractivity contribution in [2.24, 2.45) is 5.73 Å². The smallest absolute Gasteiger partial charge is 0.320 e. The van der Waals surface area contributed by atoms with Gasteiger partial charge >= 0.3 is 5.97 Å². The van der Waals surface area contributed by atoms with Gasteiger partial charge < -0.3 is 10.8 Å². The van der Waals surface area contributed by atoms with Crippen LogP contribution in [-0.4, -0.2) is 17.1 Å². The average molecular weight is 169 g/mol. The molecule has 0 aliphatic carbocycles. The van der Waals surface area contributed by atoms with Gasteiger partial charge in [0.15, 0.2) is 0 Å². The molecule has 3 N–H and O–H groups in total. The molecule has 0 bridgehead atoms. The van der Waals surface area contributed by atoms with Gasteiger partial charge in [-0.05, 0) is 12.8 Å². The Bertz CT molecular complexity index is 172. The first-order valence-electron chi connectivity index (χ1n) is 4.10. The van der Waals surface area contributed by atoms with Crippen LogP contribution in [0.4, 0.5) is 0 Å². The van der Waals surface area contributed by atoms with E-state index in [0.717, 1.165) is 25.7 Å². The Balaban J connectivity index is 3.21. The van der Waals surface area contributed by atoms with Gasteiger partial charge in [0.1, 0.15) is 6.04 Å². The fourth-order valence-electron chi connectivity index (χ4n) is 0.892. The highest BCUT2D eigenvalue weighted by Crippen LogP contribution is 2.04. The Labute approximate surface area is 73.0 Å². The van der Waals surface area contributed by atoms with Crippen molar-refractivity contribution in [2.45, 2.75) is 38.1 Å². The molecule has 3 heteroatoms. The lowest BCUT2D eigenvalue weighted by Crippen LogP contribution is -2.29. The number of rotatable bonds is 6. The summed E-state index contributed by atoms with van der Waals surface area (Å²) in [6.45, 7) is 0. The zero-order valence-electron chi connectivity index (χ0n) is 7.12. The van der Waals surface area contributed by atoms with Gasteiger partial charge in [0, 0.05) is 6.42 Å². The summed E-state index contributed by atoms with van der Waals surface area (Å²) in [5, 5.41) is 8.43. The maximum absolute atomic E-state index is 10.3. The molecular weight excluding hydrogens is 154 g/mol. The van der Waals surface area contributed by atoms with Gasteiger partial charge in [-0.3, -0.25) is 4.79 Å². The molecule has 0 aromatic heterocycles. The van der Waals surface area contributed by atoms with Gasteiger partial charge in [0.05, 0.1) is 0 Å². The van der Waals surface area contributed by atoms with Crippen molar-refractivity contribution in [2.75, 3.05) is 0 Å². The van der Waals surface area contributed by atoms with E-state index in [4.69, 9.17) is 17.3 Å². The minimum Gasteiger partial charge on any atom is -0.480 e. The number of carboxylic acid groups (broad SMARTS) is 1. The molecule has 0 saturated heterocycles. The molecular formula is C9H15NO2. The molecule has 0 amide bonds. The minimum absolute atomic E-state index is 0.542. The quantitative estimate of drug-likeness (QED) is 0.460. The fourth-order valence-corrected chi connectivity index (χ4v) is 0.892. The van der Waals surface area contributed by atoms with Gasteiger partial charge in [-0.15, -0.1) is 12.3 Å². The van der Waals surface area contributed by atoms with Crippen LogP contribution in [0.1, 0.15) is 32.1 Å². The van der Waals surface area contributed by atoms with Crippen LogP contribution < -0.4 is 5.73 Å². The Morgan fingerprint density at radius 2 is 2.17 bits per heavy atom. The highest BCUT2D eigenvalue weighted by molar-refractivity contribution is 5.72. The molecule has 1 atom stereocenters. The Morgan fingerprint density at radius 3 is 2.67 bits per heavy atom. The van der Waals surface area contributed by atoms with Gasteiger partial charge in [-0.25, -0.2) is 0 Å². The number of nitrogens with two attached hydrogens (primary N) is 1. The summed E-state index contributed by atoms with van der Waals surface area (Å²) in [5.41, 5.74) is 5.29. The molecule has 0 spiro atoms. The highest BCUT2D eigenvalue weighted by atomic mass is 16.4. The summed E-state index contributed by atoms with van der Waals surface area (Å²) in [6, 6.07) is -0.712. The van der Waals surface area contributed by atoms with Gasteiger partial charge in [0.2, 0.25) is 0 Å². The number of terminal acetylenes is 1. The van der Waals surface area contributed by atoms with Crippen LogP contribution in [-0.2, 0) is 4.79 Å². The molecule has 0 heterocycles. The summed E-state index contributed by atoms with van der Waals surface area (Å²) in [6.07, 6.45) is 9.12. The molecule has 0 aliphatic heterocycles. The molecule has 0 fully saturated rings. The van der Waals surface area contributed by atoms with E-state index < -0.39 is 12.0 Å². The standard InChI is InChI=1S/C9H15NO2/c1-2-3-4-5-6-7-8(10)9(11)12/h1,8H,3-7,10H2,(H,11,12)/t8-/m0/s1. The summed E-state index contributed by atoms with van der Waals surface area (Å²) >= 11 is 0. The molecule has 0 unspecified atom stereocenters. The summed E-state index contributed by atoms with van der Waals surface area (Å²) < 4.78 is 0. The van der Waals surface area contributed by atoms with Crippen LogP contribution in [0, 0.1) is 12.3 Å². The first-order valence-corrected chi connectivity index (χ1v) is 4.10. The predicted octanol–water partition coefficient (Wildman–Crippen LogP) is 0.982. The second-order valence-electron chi connectivity index (χ2n) is 2.75. The molecule has 0 aromatic carbocycles. The third-order valence-corrected chi connectivity index (χ3v) is 1.65. The van der Waals surface area contributed by atoms with E-state index in [2.05, 4.69) is 5.92 Å². The van der Waals surface area contributed by atoms with Crippen LogP contribution >= 0.6 is 0 Å². The average Bonchev–Trinajstić information content (AvgIpc) is 2.03. The van der Waals surface area contributed by atoms with Crippen LogP contribution in [0.15, 0.2) is 0 Å². The number of unbranched alkanes of at least 4 members (excludes halogenated alkanes) is 3. The van der Waals surface area contributed by atoms with E-state index in [1.807, 2.05) is 0 Å². The molecule has 0 radical (unpaired) electrons. The zero-order chi connectivity index (χ0) is 9.40. The molecule has 0 rings (SSSR count). The predicted molar refractivity (Wildman–Crippen MR) is 47.5 cm³/mol. The summed E-state index contributed by atoms with van der Waals surface area (Å²) in [4.78, 5) is 10.3. The van der Waals surface area contributed by atoms with E-state index in [9.17, 15) is 4.79 Å². The SMILES string of the molecule is C#CCCCCC[C@H](N)C(=O)O. The van der Waals surface area contributed by atoms with Crippen LogP contribution in [0.2, 0.25) is 0 Å². The van der Waals surface area contributed by atoms with E-state index in [1.54, 1.807) is 0 Å². The maximum atomic E-state index is 10.3. The minimum atomic E-state index is -0.924. The molecule has 0 aliphatic rings. The Kier molecular flexibility index (Phi) is 6.12. The second-order valence-corrected chi connectivity index (χ2v) is 2.75. The molecule has 3 nitrogen and oxygen atoms in total. The monoisotopic (exact) mass is 169 g/mol. The number of carboxylic acids is 1. The third kappa shape index (κ3) is 5.75.